The molecule has 0 aromatic heterocycles. The number of carbonyl (C=O) groups is 4. The molecule has 2 atom stereocenters. The minimum atomic E-state index is -0.993. The predicted molar refractivity (Wildman–Crippen MR) is 220 cm³/mol. The van der Waals surface area contributed by atoms with Gasteiger partial charge in [-0.15, -0.1) is 0 Å². The van der Waals surface area contributed by atoms with Crippen molar-refractivity contribution in [2.75, 3.05) is 59.4 Å². The van der Waals surface area contributed by atoms with E-state index in [1.807, 2.05) is 30.3 Å². The highest BCUT2D eigenvalue weighted by molar-refractivity contribution is 5.85. The zero-order valence-electron chi connectivity index (χ0n) is 35.7. The van der Waals surface area contributed by atoms with Crippen molar-refractivity contribution < 1.29 is 52.7 Å². The summed E-state index contributed by atoms with van der Waals surface area (Å²) in [7, 11) is 0. The molecule has 0 saturated heterocycles. The molecule has 1 amide bonds. The van der Waals surface area contributed by atoms with Gasteiger partial charge < -0.3 is 43.6 Å². The zero-order valence-corrected chi connectivity index (χ0v) is 35.7. The second-order valence-corrected chi connectivity index (χ2v) is 15.5. The minimum Gasteiger partial charge on any atom is -0.461 e. The van der Waals surface area contributed by atoms with Gasteiger partial charge in [-0.05, 0) is 58.9 Å². The molecule has 1 aromatic rings. The van der Waals surface area contributed by atoms with E-state index in [2.05, 4.69) is 10.6 Å². The summed E-state index contributed by atoms with van der Waals surface area (Å²) >= 11 is 0. The molecule has 0 spiro atoms. The summed E-state index contributed by atoms with van der Waals surface area (Å²) in [6.45, 7) is 10.6. The highest BCUT2D eigenvalue weighted by atomic mass is 16.6. The predicted octanol–water partition coefficient (Wildman–Crippen LogP) is 6.75. The number of esters is 2. The SMILES string of the molecule is CC(=O)CCCCCCCCCCCCCCC(O)NCCOCCOCCOCCOCCC(=O)NC(CCC(=O)OCc1ccccc1)C(=O)OC(C)(C)C. The Morgan fingerprint density at radius 1 is 0.632 bits per heavy atom. The average Bonchev–Trinajstić information content (AvgIpc) is 3.16. The molecule has 1 rings (SSSR count). The van der Waals surface area contributed by atoms with E-state index in [-0.39, 0.29) is 32.5 Å². The molecule has 13 heteroatoms. The number of aliphatic hydroxyl groups is 1. The molecule has 1 aromatic carbocycles. The number of amides is 1. The normalized spacial score (nSPS) is 12.6. The van der Waals surface area contributed by atoms with E-state index in [1.54, 1.807) is 27.7 Å². The second-order valence-electron chi connectivity index (χ2n) is 15.5. The van der Waals surface area contributed by atoms with Gasteiger partial charge in [0.15, 0.2) is 0 Å². The van der Waals surface area contributed by atoms with Gasteiger partial charge in [-0.2, -0.15) is 0 Å². The Bertz CT molecular complexity index is 1160. The second kappa shape index (κ2) is 35.0. The maximum Gasteiger partial charge on any atom is 0.329 e. The lowest BCUT2D eigenvalue weighted by molar-refractivity contribution is -0.159. The van der Waals surface area contributed by atoms with Crippen molar-refractivity contribution in [2.24, 2.45) is 0 Å². The van der Waals surface area contributed by atoms with Crippen LogP contribution in [0.15, 0.2) is 30.3 Å². The molecule has 0 fully saturated rings. The molecule has 0 aliphatic heterocycles. The van der Waals surface area contributed by atoms with Crippen LogP contribution in [0.5, 0.6) is 0 Å². The number of carbonyl (C=O) groups excluding carboxylic acids is 4. The van der Waals surface area contributed by atoms with E-state index in [0.29, 0.717) is 58.6 Å². The molecule has 0 aliphatic carbocycles. The fourth-order valence-corrected chi connectivity index (χ4v) is 5.77. The van der Waals surface area contributed by atoms with Crippen molar-refractivity contribution in [3.63, 3.8) is 0 Å². The van der Waals surface area contributed by atoms with Gasteiger partial charge in [0.2, 0.25) is 5.91 Å². The van der Waals surface area contributed by atoms with Crippen LogP contribution in [-0.2, 0) is 54.2 Å². The van der Waals surface area contributed by atoms with Crippen molar-refractivity contribution in [3.8, 4) is 0 Å². The average molecular weight is 809 g/mol. The van der Waals surface area contributed by atoms with Gasteiger partial charge in [-0.25, -0.2) is 4.79 Å². The van der Waals surface area contributed by atoms with Crippen molar-refractivity contribution in [1.29, 1.82) is 0 Å². The third-order valence-electron chi connectivity index (χ3n) is 8.88. The molecule has 328 valence electrons. The first-order valence-electron chi connectivity index (χ1n) is 21.4. The van der Waals surface area contributed by atoms with Gasteiger partial charge in [-0.3, -0.25) is 14.9 Å². The van der Waals surface area contributed by atoms with Crippen LogP contribution in [0.2, 0.25) is 0 Å². The fourth-order valence-electron chi connectivity index (χ4n) is 5.77. The molecule has 0 saturated carbocycles. The Morgan fingerprint density at radius 2 is 1.14 bits per heavy atom. The molecular formula is C44H76N2O11. The Kier molecular flexibility index (Phi) is 32.0. The quantitative estimate of drug-likeness (QED) is 0.0366. The first-order chi connectivity index (χ1) is 27.5. The first kappa shape index (κ1) is 52.1. The van der Waals surface area contributed by atoms with Crippen LogP contribution in [0, 0.1) is 0 Å². The van der Waals surface area contributed by atoms with Crippen molar-refractivity contribution in [2.45, 2.75) is 161 Å². The molecule has 0 aliphatic rings. The summed E-state index contributed by atoms with van der Waals surface area (Å²) in [5, 5.41) is 15.9. The summed E-state index contributed by atoms with van der Waals surface area (Å²) in [5.41, 5.74) is 0.107. The van der Waals surface area contributed by atoms with Gasteiger partial charge in [-0.1, -0.05) is 94.5 Å². The number of nitrogens with one attached hydrogen (secondary N) is 2. The Balaban J connectivity index is 1.95. The van der Waals surface area contributed by atoms with E-state index < -0.39 is 35.7 Å². The molecular weight excluding hydrogens is 732 g/mol. The summed E-state index contributed by atoms with van der Waals surface area (Å²) in [5.74, 6) is -1.17. The topological polar surface area (TPSA) is 168 Å². The lowest BCUT2D eigenvalue weighted by Crippen LogP contribution is -2.44. The minimum absolute atomic E-state index is 0.0310. The molecule has 57 heavy (non-hydrogen) atoms. The van der Waals surface area contributed by atoms with Crippen LogP contribution >= 0.6 is 0 Å². The summed E-state index contributed by atoms with van der Waals surface area (Å²) in [4.78, 5) is 48.6. The maximum atomic E-state index is 12.7. The number of benzene rings is 1. The molecule has 13 nitrogen and oxygen atoms in total. The highest BCUT2D eigenvalue weighted by Crippen LogP contribution is 2.14. The number of ketones is 1. The number of Topliss-reactive ketones (excluding diaryl/α,β-unsaturated/α-hetero) is 1. The number of unbranched alkanes of at least 4 members (excludes halogenated alkanes) is 11. The van der Waals surface area contributed by atoms with Crippen LogP contribution < -0.4 is 10.6 Å². The monoisotopic (exact) mass is 809 g/mol. The van der Waals surface area contributed by atoms with Crippen molar-refractivity contribution in [1.82, 2.24) is 10.6 Å². The summed E-state index contributed by atoms with van der Waals surface area (Å²) in [6, 6.07) is 8.30. The Hall–Kier alpha value is -2.94. The first-order valence-corrected chi connectivity index (χ1v) is 21.4. The molecule has 3 N–H and O–H groups in total. The lowest BCUT2D eigenvalue weighted by Gasteiger charge is -2.24. The van der Waals surface area contributed by atoms with Crippen LogP contribution in [0.3, 0.4) is 0 Å². The Morgan fingerprint density at radius 3 is 1.68 bits per heavy atom. The largest absolute Gasteiger partial charge is 0.461 e. The summed E-state index contributed by atoms with van der Waals surface area (Å²) in [6.07, 6.45) is 15.6. The number of aliphatic hydroxyl groups excluding tert-OH is 1. The van der Waals surface area contributed by atoms with Crippen LogP contribution in [0.25, 0.3) is 0 Å². The van der Waals surface area contributed by atoms with Crippen LogP contribution in [-0.4, -0.2) is 106 Å². The number of rotatable bonds is 38. The lowest BCUT2D eigenvalue weighted by atomic mass is 10.0. The van der Waals surface area contributed by atoms with Crippen LogP contribution in [0.4, 0.5) is 0 Å². The number of hydrogen-bond acceptors (Lipinski definition) is 12. The fraction of sp³-hybridized carbons (Fsp3) is 0.773. The summed E-state index contributed by atoms with van der Waals surface area (Å²) < 4.78 is 32.8. The standard InChI is InChI=1S/C44H76N2O11/c1-37(47)20-16-13-11-9-7-5-6-8-10-12-14-19-23-40(48)45-27-29-53-31-33-55-35-34-54-32-30-52-28-26-41(49)46-39(43(51)57-44(2,3)4)24-25-42(50)56-36-38-21-17-15-18-22-38/h15,17-18,21-22,39-40,45,48H,5-14,16,19-20,23-36H2,1-4H3,(H,46,49). The maximum absolute atomic E-state index is 12.7. The van der Waals surface area contributed by atoms with Crippen molar-refractivity contribution >= 4 is 23.6 Å². The van der Waals surface area contributed by atoms with Gasteiger partial charge >= 0.3 is 11.9 Å². The number of hydrogen-bond donors (Lipinski definition) is 3. The van der Waals surface area contributed by atoms with Gasteiger partial charge in [0.05, 0.1) is 52.9 Å². The van der Waals surface area contributed by atoms with Gasteiger partial charge in [0.25, 0.3) is 0 Å². The third-order valence-corrected chi connectivity index (χ3v) is 8.88. The third kappa shape index (κ3) is 34.8. The van der Waals surface area contributed by atoms with Gasteiger partial charge in [0, 0.05) is 25.8 Å². The van der Waals surface area contributed by atoms with Crippen molar-refractivity contribution in [3.05, 3.63) is 35.9 Å². The van der Waals surface area contributed by atoms with E-state index in [4.69, 9.17) is 28.4 Å². The Labute approximate surface area is 343 Å². The smallest absolute Gasteiger partial charge is 0.329 e. The van der Waals surface area contributed by atoms with Crippen LogP contribution in [0.1, 0.15) is 142 Å². The highest BCUT2D eigenvalue weighted by Gasteiger charge is 2.27. The van der Waals surface area contributed by atoms with Gasteiger partial charge in [0.1, 0.15) is 30.3 Å². The van der Waals surface area contributed by atoms with E-state index in [9.17, 15) is 24.3 Å². The number of ether oxygens (including phenoxy) is 6. The zero-order chi connectivity index (χ0) is 41.8. The van der Waals surface area contributed by atoms with E-state index in [0.717, 1.165) is 37.7 Å². The molecule has 0 heterocycles. The van der Waals surface area contributed by atoms with E-state index >= 15 is 0 Å². The molecule has 0 radical (unpaired) electrons. The molecule has 2 unspecified atom stereocenters. The van der Waals surface area contributed by atoms with E-state index in [1.165, 1.54) is 57.8 Å². The molecule has 0 bridgehead atoms.